The average molecular weight is 315 g/mol. The van der Waals surface area contributed by atoms with Crippen molar-refractivity contribution >= 4 is 11.8 Å². The molecule has 0 aliphatic heterocycles. The van der Waals surface area contributed by atoms with Crippen molar-refractivity contribution in [1.29, 1.82) is 0 Å². The molecule has 5 heteroatoms. The van der Waals surface area contributed by atoms with Crippen LogP contribution in [-0.2, 0) is 6.42 Å². The second-order valence-corrected chi connectivity index (χ2v) is 6.77. The van der Waals surface area contributed by atoms with Gasteiger partial charge < -0.3 is 10.4 Å². The van der Waals surface area contributed by atoms with Crippen LogP contribution in [0.4, 0.5) is 8.78 Å². The Morgan fingerprint density at radius 3 is 2.95 bits per heavy atom. The highest BCUT2D eigenvalue weighted by Gasteiger charge is 2.21. The highest BCUT2D eigenvalue weighted by atomic mass is 32.2. The van der Waals surface area contributed by atoms with E-state index in [2.05, 4.69) is 12.2 Å². The molecule has 0 radical (unpaired) electrons. The van der Waals surface area contributed by atoms with E-state index in [0.717, 1.165) is 32.2 Å². The van der Waals surface area contributed by atoms with Crippen LogP contribution in [0.3, 0.4) is 0 Å². The average Bonchev–Trinajstić information content (AvgIpc) is 2.44. The summed E-state index contributed by atoms with van der Waals surface area (Å²) in [6, 6.07) is 6.01. The Hall–Kier alpha value is -0.650. The zero-order valence-electron chi connectivity index (χ0n) is 12.3. The fourth-order valence-corrected chi connectivity index (χ4v) is 3.41. The number of nitrogens with one attached hydrogen (secondary N) is 1. The maximum atomic E-state index is 12.4. The van der Waals surface area contributed by atoms with Crippen molar-refractivity contribution in [1.82, 2.24) is 5.32 Å². The smallest absolute Gasteiger partial charge is 0.288 e. The number of fused-ring (bicyclic) bond motifs is 1. The molecule has 0 amide bonds. The molecular formula is C16H23F2NOS. The summed E-state index contributed by atoms with van der Waals surface area (Å²) >= 11 is 0.616. The maximum Gasteiger partial charge on any atom is 0.288 e. The first kappa shape index (κ1) is 16.7. The molecule has 21 heavy (non-hydrogen) atoms. The zero-order chi connectivity index (χ0) is 15.2. The first-order chi connectivity index (χ1) is 10.1. The third kappa shape index (κ3) is 4.94. The fourth-order valence-electron chi connectivity index (χ4n) is 2.84. The monoisotopic (exact) mass is 315 g/mol. The van der Waals surface area contributed by atoms with Crippen LogP contribution in [-0.4, -0.2) is 24.0 Å². The van der Waals surface area contributed by atoms with Gasteiger partial charge in [-0.25, -0.2) is 0 Å². The Kier molecular flexibility index (Phi) is 6.45. The van der Waals surface area contributed by atoms with E-state index in [9.17, 15) is 8.78 Å². The Morgan fingerprint density at radius 1 is 1.43 bits per heavy atom. The number of halogens is 2. The van der Waals surface area contributed by atoms with E-state index in [1.807, 2.05) is 12.1 Å². The predicted molar refractivity (Wildman–Crippen MR) is 82.9 cm³/mol. The van der Waals surface area contributed by atoms with Crippen LogP contribution in [0.25, 0.3) is 0 Å². The second-order valence-electron chi connectivity index (χ2n) is 5.71. The summed E-state index contributed by atoms with van der Waals surface area (Å²) in [7, 11) is 0. The zero-order valence-corrected chi connectivity index (χ0v) is 13.1. The molecule has 1 aliphatic carbocycles. The lowest BCUT2D eigenvalue weighted by molar-refractivity contribution is 0.252. The van der Waals surface area contributed by atoms with E-state index >= 15 is 0 Å². The van der Waals surface area contributed by atoms with E-state index < -0.39 is 5.76 Å². The van der Waals surface area contributed by atoms with Crippen LogP contribution in [0, 0.1) is 5.92 Å². The van der Waals surface area contributed by atoms with E-state index in [-0.39, 0.29) is 6.61 Å². The molecule has 0 saturated heterocycles. The molecule has 0 saturated carbocycles. The summed E-state index contributed by atoms with van der Waals surface area (Å²) in [5, 5.41) is 12.5. The molecule has 1 aromatic rings. The number of thioether (sulfide) groups is 1. The van der Waals surface area contributed by atoms with Crippen molar-refractivity contribution in [3.8, 4) is 0 Å². The molecule has 0 aromatic heterocycles. The molecule has 0 heterocycles. The molecule has 1 aromatic carbocycles. The van der Waals surface area contributed by atoms with Gasteiger partial charge in [0.25, 0.3) is 5.76 Å². The number of aryl methyl sites for hydroxylation is 1. The summed E-state index contributed by atoms with van der Waals surface area (Å²) in [6.45, 7) is 3.21. The number of alkyl halides is 2. The summed E-state index contributed by atoms with van der Waals surface area (Å²) < 4.78 is 24.9. The van der Waals surface area contributed by atoms with Crippen molar-refractivity contribution < 1.29 is 13.9 Å². The first-order valence-corrected chi connectivity index (χ1v) is 8.40. The highest BCUT2D eigenvalue weighted by molar-refractivity contribution is 7.99. The number of aliphatic hydroxyl groups is 1. The number of rotatable bonds is 7. The SMILES string of the molecule is CC(CCO)CNC1CCCc2cc(SC(F)F)ccc21. The van der Waals surface area contributed by atoms with E-state index in [4.69, 9.17) is 5.11 Å². The lowest BCUT2D eigenvalue weighted by atomic mass is 9.87. The molecule has 0 fully saturated rings. The molecule has 1 aliphatic rings. The minimum Gasteiger partial charge on any atom is -0.396 e. The van der Waals surface area contributed by atoms with Gasteiger partial charge in [0.05, 0.1) is 0 Å². The van der Waals surface area contributed by atoms with Crippen LogP contribution in [0.15, 0.2) is 23.1 Å². The number of hydrogen-bond acceptors (Lipinski definition) is 3. The van der Waals surface area contributed by atoms with Crippen LogP contribution >= 0.6 is 11.8 Å². The minimum absolute atomic E-state index is 0.221. The van der Waals surface area contributed by atoms with E-state index in [1.165, 1.54) is 11.1 Å². The standard InChI is InChI=1S/C16H23F2NOS/c1-11(7-8-20)10-19-15-4-2-3-12-9-13(21-16(17)18)5-6-14(12)15/h5-6,9,11,15-16,19-20H,2-4,7-8,10H2,1H3. The van der Waals surface area contributed by atoms with Gasteiger partial charge in [0.15, 0.2) is 0 Å². The summed E-state index contributed by atoms with van der Waals surface area (Å²) in [5.41, 5.74) is 2.44. The van der Waals surface area contributed by atoms with Crippen molar-refractivity contribution in [2.75, 3.05) is 13.2 Å². The third-order valence-corrected chi connectivity index (χ3v) is 4.69. The normalized spacial score (nSPS) is 19.6. The highest BCUT2D eigenvalue weighted by Crippen LogP contribution is 2.34. The minimum atomic E-state index is -2.36. The quantitative estimate of drug-likeness (QED) is 0.746. The van der Waals surface area contributed by atoms with E-state index in [1.54, 1.807) is 6.07 Å². The van der Waals surface area contributed by atoms with Crippen molar-refractivity contribution in [3.05, 3.63) is 29.3 Å². The number of benzene rings is 1. The summed E-state index contributed by atoms with van der Waals surface area (Å²) in [5.74, 6) is -1.92. The summed E-state index contributed by atoms with van der Waals surface area (Å²) in [4.78, 5) is 0.651. The lowest BCUT2D eigenvalue weighted by Gasteiger charge is -2.28. The van der Waals surface area contributed by atoms with Gasteiger partial charge in [0.2, 0.25) is 0 Å². The number of hydrogen-bond donors (Lipinski definition) is 2. The molecule has 2 N–H and O–H groups in total. The van der Waals surface area contributed by atoms with Gasteiger partial charge in [-0.1, -0.05) is 24.8 Å². The predicted octanol–water partition coefficient (Wildman–Crippen LogP) is 3.99. The van der Waals surface area contributed by atoms with Gasteiger partial charge in [0.1, 0.15) is 0 Å². The van der Waals surface area contributed by atoms with Crippen LogP contribution in [0.1, 0.15) is 43.4 Å². The van der Waals surface area contributed by atoms with E-state index in [0.29, 0.717) is 28.6 Å². The Bertz CT molecular complexity index is 456. The van der Waals surface area contributed by atoms with Gasteiger partial charge >= 0.3 is 0 Å². The van der Waals surface area contributed by atoms with Crippen LogP contribution < -0.4 is 5.32 Å². The van der Waals surface area contributed by atoms with Crippen LogP contribution in [0.2, 0.25) is 0 Å². The van der Waals surface area contributed by atoms with Crippen molar-refractivity contribution in [2.45, 2.75) is 49.3 Å². The fraction of sp³-hybridized carbons (Fsp3) is 0.625. The second kappa shape index (κ2) is 8.11. The van der Waals surface area contributed by atoms with Gasteiger partial charge in [-0.05, 0) is 61.4 Å². The molecule has 2 nitrogen and oxygen atoms in total. The largest absolute Gasteiger partial charge is 0.396 e. The topological polar surface area (TPSA) is 32.3 Å². The van der Waals surface area contributed by atoms with Gasteiger partial charge in [0, 0.05) is 17.5 Å². The third-order valence-electron chi connectivity index (χ3n) is 3.99. The van der Waals surface area contributed by atoms with Gasteiger partial charge in [-0.2, -0.15) is 8.78 Å². The van der Waals surface area contributed by atoms with Gasteiger partial charge in [-0.3, -0.25) is 0 Å². The molecule has 2 atom stereocenters. The molecule has 118 valence electrons. The van der Waals surface area contributed by atoms with Gasteiger partial charge in [-0.15, -0.1) is 0 Å². The lowest BCUT2D eigenvalue weighted by Crippen LogP contribution is -2.29. The Morgan fingerprint density at radius 2 is 2.24 bits per heavy atom. The Labute approximate surface area is 129 Å². The molecule has 0 bridgehead atoms. The van der Waals surface area contributed by atoms with Crippen molar-refractivity contribution in [3.63, 3.8) is 0 Å². The summed E-state index contributed by atoms with van der Waals surface area (Å²) in [6.07, 6.45) is 3.94. The number of aliphatic hydroxyl groups excluding tert-OH is 1. The Balaban J connectivity index is 2.02. The molecule has 0 spiro atoms. The molecule has 2 rings (SSSR count). The molecular weight excluding hydrogens is 292 g/mol. The van der Waals surface area contributed by atoms with Crippen LogP contribution in [0.5, 0.6) is 0 Å². The van der Waals surface area contributed by atoms with Crippen molar-refractivity contribution in [2.24, 2.45) is 5.92 Å². The first-order valence-electron chi connectivity index (χ1n) is 7.52. The molecule has 2 unspecified atom stereocenters. The maximum absolute atomic E-state index is 12.4.